The molecule has 0 rings (SSSR count). The predicted molar refractivity (Wildman–Crippen MR) is 76.8 cm³/mol. The summed E-state index contributed by atoms with van der Waals surface area (Å²) in [5, 5.41) is 0. The first-order valence-corrected chi connectivity index (χ1v) is 8.86. The van der Waals surface area contributed by atoms with Crippen LogP contribution in [-0.2, 0) is 13.6 Å². The third-order valence-electron chi connectivity index (χ3n) is 1.96. The van der Waals surface area contributed by atoms with E-state index in [4.69, 9.17) is 9.05 Å². The lowest BCUT2D eigenvalue weighted by Crippen LogP contribution is -2.16. The van der Waals surface area contributed by atoms with E-state index >= 15 is 0 Å². The van der Waals surface area contributed by atoms with Crippen LogP contribution in [0, 0.1) is 0 Å². The molecule has 0 aliphatic rings. The summed E-state index contributed by atoms with van der Waals surface area (Å²) in [5.74, 6) is 0. The van der Waals surface area contributed by atoms with Gasteiger partial charge < -0.3 is 9.05 Å². The minimum atomic E-state index is -3.06. The van der Waals surface area contributed by atoms with Crippen molar-refractivity contribution in [2.75, 3.05) is 6.26 Å². The minimum absolute atomic E-state index is 0.0991. The Bertz CT molecular complexity index is 252. The average Bonchev–Trinajstić information content (AvgIpc) is 2.15. The summed E-state index contributed by atoms with van der Waals surface area (Å²) in [5.41, 5.74) is 0. The molecule has 0 saturated carbocycles. The standard InChI is InChI=1S/C12H25O3PS/c1-7-8-9-12(17-6)16(13,14-10(2)3)15-11(4)5/h7,10-12H,1,8-9H2,2-6H3. The second-order valence-electron chi connectivity index (χ2n) is 4.40. The van der Waals surface area contributed by atoms with Gasteiger partial charge in [0.2, 0.25) is 0 Å². The van der Waals surface area contributed by atoms with Crippen molar-refractivity contribution in [3.05, 3.63) is 12.7 Å². The maximum absolute atomic E-state index is 12.8. The van der Waals surface area contributed by atoms with Crippen molar-refractivity contribution in [2.45, 2.75) is 57.7 Å². The monoisotopic (exact) mass is 280 g/mol. The van der Waals surface area contributed by atoms with Crippen molar-refractivity contribution in [2.24, 2.45) is 0 Å². The Labute approximate surface area is 110 Å². The summed E-state index contributed by atoms with van der Waals surface area (Å²) in [6.45, 7) is 11.2. The van der Waals surface area contributed by atoms with Crippen molar-refractivity contribution in [1.29, 1.82) is 0 Å². The smallest absolute Gasteiger partial charge is 0.305 e. The molecule has 0 aliphatic heterocycles. The fraction of sp³-hybridized carbons (Fsp3) is 0.833. The molecular weight excluding hydrogens is 255 g/mol. The van der Waals surface area contributed by atoms with Crippen molar-refractivity contribution >= 4 is 19.4 Å². The van der Waals surface area contributed by atoms with E-state index < -0.39 is 7.60 Å². The van der Waals surface area contributed by atoms with Gasteiger partial charge in [0.05, 0.1) is 12.2 Å². The molecule has 0 heterocycles. The molecule has 0 fully saturated rings. The van der Waals surface area contributed by atoms with Crippen LogP contribution < -0.4 is 0 Å². The SMILES string of the molecule is C=CCCC(SC)P(=O)(OC(C)C)OC(C)C. The van der Waals surface area contributed by atoms with E-state index in [0.717, 1.165) is 12.8 Å². The van der Waals surface area contributed by atoms with Gasteiger partial charge in [-0.05, 0) is 46.8 Å². The van der Waals surface area contributed by atoms with Crippen LogP contribution >= 0.6 is 19.4 Å². The van der Waals surface area contributed by atoms with E-state index in [9.17, 15) is 4.57 Å². The summed E-state index contributed by atoms with van der Waals surface area (Å²) in [7, 11) is -3.06. The van der Waals surface area contributed by atoms with Crippen molar-refractivity contribution in [3.63, 3.8) is 0 Å². The predicted octanol–water partition coefficient (Wildman–Crippen LogP) is 4.68. The first-order valence-electron chi connectivity index (χ1n) is 5.96. The highest BCUT2D eigenvalue weighted by Gasteiger charge is 2.36. The lowest BCUT2D eigenvalue weighted by molar-refractivity contribution is 0.140. The molecule has 0 spiro atoms. The number of allylic oxidation sites excluding steroid dienone is 1. The molecule has 3 nitrogen and oxygen atoms in total. The maximum Gasteiger partial charge on any atom is 0.344 e. The van der Waals surface area contributed by atoms with Crippen LogP contribution in [-0.4, -0.2) is 23.5 Å². The highest BCUT2D eigenvalue weighted by Crippen LogP contribution is 2.59. The number of hydrogen-bond acceptors (Lipinski definition) is 4. The molecule has 0 N–H and O–H groups in total. The van der Waals surface area contributed by atoms with Gasteiger partial charge in [-0.25, -0.2) is 0 Å². The third-order valence-corrected chi connectivity index (χ3v) is 6.54. The molecule has 1 atom stereocenters. The average molecular weight is 280 g/mol. The maximum atomic E-state index is 12.8. The first-order chi connectivity index (χ1) is 7.85. The zero-order chi connectivity index (χ0) is 13.5. The molecule has 0 aromatic carbocycles. The van der Waals surface area contributed by atoms with Crippen molar-refractivity contribution in [1.82, 2.24) is 0 Å². The summed E-state index contributed by atoms with van der Waals surface area (Å²) >= 11 is 1.54. The third kappa shape index (κ3) is 6.66. The van der Waals surface area contributed by atoms with Crippen LogP contribution in [0.3, 0.4) is 0 Å². The molecule has 1 unspecified atom stereocenters. The molecular formula is C12H25O3PS. The van der Waals surface area contributed by atoms with Gasteiger partial charge in [0, 0.05) is 0 Å². The minimum Gasteiger partial charge on any atom is -0.305 e. The van der Waals surface area contributed by atoms with E-state index in [2.05, 4.69) is 6.58 Å². The van der Waals surface area contributed by atoms with Gasteiger partial charge >= 0.3 is 7.60 Å². The van der Waals surface area contributed by atoms with Crippen LogP contribution in [0.4, 0.5) is 0 Å². The summed E-state index contributed by atoms with van der Waals surface area (Å²) in [6, 6.07) is 0. The number of hydrogen-bond donors (Lipinski definition) is 0. The molecule has 102 valence electrons. The molecule has 5 heteroatoms. The lowest BCUT2D eigenvalue weighted by Gasteiger charge is -2.28. The Hall–Kier alpha value is 0.240. The molecule has 0 amide bonds. The second kappa shape index (κ2) is 8.36. The van der Waals surface area contributed by atoms with Gasteiger partial charge in [-0.15, -0.1) is 18.3 Å². The quantitative estimate of drug-likeness (QED) is 0.453. The first kappa shape index (κ1) is 17.2. The van der Waals surface area contributed by atoms with Crippen molar-refractivity contribution in [3.8, 4) is 0 Å². The highest BCUT2D eigenvalue weighted by atomic mass is 32.2. The normalized spacial score (nSPS) is 14.3. The molecule has 0 saturated heterocycles. The number of rotatable bonds is 9. The van der Waals surface area contributed by atoms with Crippen LogP contribution in [0.1, 0.15) is 40.5 Å². The molecule has 0 aromatic heterocycles. The van der Waals surface area contributed by atoms with Crippen LogP contribution in [0.5, 0.6) is 0 Å². The fourth-order valence-corrected chi connectivity index (χ4v) is 5.08. The Morgan fingerprint density at radius 3 is 2.00 bits per heavy atom. The van der Waals surface area contributed by atoms with Crippen LogP contribution in [0.15, 0.2) is 12.7 Å². The fourth-order valence-electron chi connectivity index (χ4n) is 1.41. The van der Waals surface area contributed by atoms with E-state index in [0.29, 0.717) is 0 Å². The molecule has 0 bridgehead atoms. The molecule has 0 radical (unpaired) electrons. The zero-order valence-electron chi connectivity index (χ0n) is 11.5. The van der Waals surface area contributed by atoms with Gasteiger partial charge in [0.1, 0.15) is 4.99 Å². The van der Waals surface area contributed by atoms with Gasteiger partial charge in [0.25, 0.3) is 0 Å². The van der Waals surface area contributed by atoms with E-state index in [1.165, 1.54) is 11.8 Å². The Kier molecular flexibility index (Phi) is 8.48. The molecule has 0 aliphatic carbocycles. The van der Waals surface area contributed by atoms with Crippen molar-refractivity contribution < 1.29 is 13.6 Å². The van der Waals surface area contributed by atoms with Crippen LogP contribution in [0.25, 0.3) is 0 Å². The highest BCUT2D eigenvalue weighted by molar-refractivity contribution is 8.04. The summed E-state index contributed by atoms with van der Waals surface area (Å²) in [6.07, 6.45) is 5.15. The van der Waals surface area contributed by atoms with Gasteiger partial charge in [0.15, 0.2) is 0 Å². The lowest BCUT2D eigenvalue weighted by atomic mass is 10.3. The summed E-state index contributed by atoms with van der Waals surface area (Å²) in [4.78, 5) is -0.120. The molecule has 0 aromatic rings. The van der Waals surface area contributed by atoms with Gasteiger partial charge in [-0.2, -0.15) is 0 Å². The zero-order valence-corrected chi connectivity index (χ0v) is 13.2. The summed E-state index contributed by atoms with van der Waals surface area (Å²) < 4.78 is 23.9. The molecule has 17 heavy (non-hydrogen) atoms. The van der Waals surface area contributed by atoms with Gasteiger partial charge in [-0.1, -0.05) is 6.08 Å². The van der Waals surface area contributed by atoms with Crippen LogP contribution in [0.2, 0.25) is 0 Å². The van der Waals surface area contributed by atoms with Gasteiger partial charge in [-0.3, -0.25) is 4.57 Å². The van der Waals surface area contributed by atoms with E-state index in [-0.39, 0.29) is 17.2 Å². The van der Waals surface area contributed by atoms with E-state index in [1.807, 2.05) is 40.0 Å². The largest absolute Gasteiger partial charge is 0.344 e. The Balaban J connectivity index is 4.83. The van der Waals surface area contributed by atoms with E-state index in [1.54, 1.807) is 0 Å². The Morgan fingerprint density at radius 2 is 1.71 bits per heavy atom. The second-order valence-corrected chi connectivity index (χ2v) is 7.92. The topological polar surface area (TPSA) is 35.5 Å². The number of thioether (sulfide) groups is 1. The Morgan fingerprint density at radius 1 is 1.24 bits per heavy atom.